The van der Waals surface area contributed by atoms with Gasteiger partial charge in [-0.15, -0.1) is 0 Å². The lowest BCUT2D eigenvalue weighted by atomic mass is 10.2. The highest BCUT2D eigenvalue weighted by Crippen LogP contribution is 2.19. The van der Waals surface area contributed by atoms with E-state index in [0.29, 0.717) is 11.0 Å². The van der Waals surface area contributed by atoms with E-state index in [0.717, 1.165) is 12.5 Å². The summed E-state index contributed by atoms with van der Waals surface area (Å²) in [6, 6.07) is 1.22. The second kappa shape index (κ2) is 3.30. The fraction of sp³-hybridized carbons (Fsp3) is 0.857. The van der Waals surface area contributed by atoms with Crippen molar-refractivity contribution in [3.05, 3.63) is 0 Å². The van der Waals surface area contributed by atoms with E-state index in [-0.39, 0.29) is 0 Å². The van der Waals surface area contributed by atoms with E-state index in [1.54, 1.807) is 0 Å². The van der Waals surface area contributed by atoms with E-state index in [4.69, 9.17) is 18.0 Å². The highest BCUT2D eigenvalue weighted by molar-refractivity contribution is 7.80. The second-order valence-corrected chi connectivity index (χ2v) is 3.54. The van der Waals surface area contributed by atoms with Gasteiger partial charge >= 0.3 is 0 Å². The Morgan fingerprint density at radius 2 is 2.40 bits per heavy atom. The molecular formula is C7H14N2S. The predicted octanol–water partition coefficient (Wildman–Crippen LogP) is 0.803. The third kappa shape index (κ3) is 3.13. The topological polar surface area (TPSA) is 38.0 Å². The molecule has 1 aliphatic carbocycles. The maximum Gasteiger partial charge on any atom is 0.0742 e. The molecule has 0 aromatic rings. The monoisotopic (exact) mass is 158 g/mol. The van der Waals surface area contributed by atoms with Crippen molar-refractivity contribution in [2.75, 3.05) is 0 Å². The number of hydrogen-bond donors (Lipinski definition) is 2. The first-order valence-corrected chi connectivity index (χ1v) is 4.13. The molecule has 1 saturated carbocycles. The molecule has 0 aromatic carbocycles. The van der Waals surface area contributed by atoms with Crippen LogP contribution in [0.25, 0.3) is 0 Å². The van der Waals surface area contributed by atoms with Gasteiger partial charge in [0.05, 0.1) is 4.99 Å². The molecule has 0 amide bonds. The van der Waals surface area contributed by atoms with Crippen LogP contribution in [0.2, 0.25) is 0 Å². The Bertz CT molecular complexity index is 132. The average Bonchev–Trinajstić information content (AvgIpc) is 2.46. The van der Waals surface area contributed by atoms with Crippen LogP contribution in [-0.4, -0.2) is 17.1 Å². The molecule has 0 spiro atoms. The van der Waals surface area contributed by atoms with E-state index < -0.39 is 0 Å². The van der Waals surface area contributed by atoms with E-state index in [9.17, 15) is 0 Å². The molecule has 1 aliphatic rings. The van der Waals surface area contributed by atoms with Gasteiger partial charge in [-0.2, -0.15) is 0 Å². The van der Waals surface area contributed by atoms with Gasteiger partial charge < -0.3 is 11.1 Å². The Morgan fingerprint density at radius 3 is 2.80 bits per heavy atom. The smallest absolute Gasteiger partial charge is 0.0742 e. The molecule has 0 aromatic heterocycles. The molecule has 1 fully saturated rings. The van der Waals surface area contributed by atoms with Crippen molar-refractivity contribution < 1.29 is 0 Å². The van der Waals surface area contributed by atoms with Crippen molar-refractivity contribution >= 4 is 17.2 Å². The minimum atomic E-state index is 0.463. The van der Waals surface area contributed by atoms with Gasteiger partial charge in [-0.1, -0.05) is 12.2 Å². The fourth-order valence-corrected chi connectivity index (χ4v) is 1.26. The zero-order valence-electron chi connectivity index (χ0n) is 6.26. The van der Waals surface area contributed by atoms with Gasteiger partial charge in [-0.3, -0.25) is 0 Å². The summed E-state index contributed by atoms with van der Waals surface area (Å²) in [5, 5.41) is 3.42. The van der Waals surface area contributed by atoms with E-state index in [1.807, 2.05) is 0 Å². The zero-order valence-corrected chi connectivity index (χ0v) is 7.08. The maximum atomic E-state index is 5.38. The fourth-order valence-electron chi connectivity index (χ4n) is 1.01. The van der Waals surface area contributed by atoms with Gasteiger partial charge in [0.25, 0.3) is 0 Å². The first kappa shape index (κ1) is 7.95. The quantitative estimate of drug-likeness (QED) is 0.594. The summed E-state index contributed by atoms with van der Waals surface area (Å²) in [4.78, 5) is 0.612. The van der Waals surface area contributed by atoms with Crippen LogP contribution < -0.4 is 11.1 Å². The molecule has 58 valence electrons. The summed E-state index contributed by atoms with van der Waals surface area (Å²) in [6.07, 6.45) is 3.47. The highest BCUT2D eigenvalue weighted by Gasteiger charge is 2.22. The SMILES string of the molecule is CC(CC(N)=S)NC1CC1. The molecule has 10 heavy (non-hydrogen) atoms. The molecular weight excluding hydrogens is 144 g/mol. The van der Waals surface area contributed by atoms with E-state index >= 15 is 0 Å². The second-order valence-electron chi connectivity index (χ2n) is 3.01. The lowest BCUT2D eigenvalue weighted by Gasteiger charge is -2.10. The number of hydrogen-bond acceptors (Lipinski definition) is 2. The van der Waals surface area contributed by atoms with Gasteiger partial charge in [0.1, 0.15) is 0 Å². The molecule has 0 heterocycles. The maximum absolute atomic E-state index is 5.38. The van der Waals surface area contributed by atoms with Crippen molar-refractivity contribution in [2.45, 2.75) is 38.3 Å². The average molecular weight is 158 g/mol. The predicted molar refractivity (Wildman–Crippen MR) is 47.0 cm³/mol. The summed E-state index contributed by atoms with van der Waals surface area (Å²) in [6.45, 7) is 2.12. The van der Waals surface area contributed by atoms with Gasteiger partial charge in [-0.25, -0.2) is 0 Å². The van der Waals surface area contributed by atoms with Crippen LogP contribution in [-0.2, 0) is 0 Å². The zero-order chi connectivity index (χ0) is 7.56. The summed E-state index contributed by atoms with van der Waals surface area (Å²) in [5.41, 5.74) is 5.38. The van der Waals surface area contributed by atoms with E-state index in [2.05, 4.69) is 12.2 Å². The Balaban J connectivity index is 2.07. The normalized spacial score (nSPS) is 20.5. The van der Waals surface area contributed by atoms with Crippen LogP contribution in [0.4, 0.5) is 0 Å². The van der Waals surface area contributed by atoms with Crippen molar-refractivity contribution in [1.29, 1.82) is 0 Å². The van der Waals surface area contributed by atoms with Crippen molar-refractivity contribution in [3.8, 4) is 0 Å². The summed E-state index contributed by atoms with van der Waals surface area (Å²) in [7, 11) is 0. The number of rotatable bonds is 4. The standard InChI is InChI=1S/C7H14N2S/c1-5(4-7(8)10)9-6-2-3-6/h5-6,9H,2-4H2,1H3,(H2,8,10). The summed E-state index contributed by atoms with van der Waals surface area (Å²) >= 11 is 4.78. The molecule has 1 rings (SSSR count). The van der Waals surface area contributed by atoms with Crippen LogP contribution in [0, 0.1) is 0 Å². The highest BCUT2D eigenvalue weighted by atomic mass is 32.1. The molecule has 0 aliphatic heterocycles. The molecule has 3 N–H and O–H groups in total. The Kier molecular flexibility index (Phi) is 2.63. The summed E-state index contributed by atoms with van der Waals surface area (Å²) in [5.74, 6) is 0. The van der Waals surface area contributed by atoms with Crippen LogP contribution in [0.15, 0.2) is 0 Å². The molecule has 2 nitrogen and oxygen atoms in total. The van der Waals surface area contributed by atoms with Crippen molar-refractivity contribution in [1.82, 2.24) is 5.32 Å². The van der Waals surface area contributed by atoms with Gasteiger partial charge in [0, 0.05) is 18.5 Å². The van der Waals surface area contributed by atoms with Crippen LogP contribution in [0.5, 0.6) is 0 Å². The van der Waals surface area contributed by atoms with Crippen LogP contribution in [0.1, 0.15) is 26.2 Å². The van der Waals surface area contributed by atoms with Gasteiger partial charge in [-0.05, 0) is 19.8 Å². The Hall–Kier alpha value is -0.150. The summed E-state index contributed by atoms with van der Waals surface area (Å²) < 4.78 is 0. The van der Waals surface area contributed by atoms with Gasteiger partial charge in [0.15, 0.2) is 0 Å². The first-order valence-electron chi connectivity index (χ1n) is 3.73. The minimum absolute atomic E-state index is 0.463. The lowest BCUT2D eigenvalue weighted by molar-refractivity contribution is 0.561. The Morgan fingerprint density at radius 1 is 1.80 bits per heavy atom. The van der Waals surface area contributed by atoms with Crippen molar-refractivity contribution in [3.63, 3.8) is 0 Å². The number of thiocarbonyl (C=S) groups is 1. The van der Waals surface area contributed by atoms with Crippen LogP contribution in [0.3, 0.4) is 0 Å². The Labute approximate surface area is 67.2 Å². The molecule has 1 unspecified atom stereocenters. The largest absolute Gasteiger partial charge is 0.393 e. The van der Waals surface area contributed by atoms with Crippen molar-refractivity contribution in [2.24, 2.45) is 5.73 Å². The van der Waals surface area contributed by atoms with Crippen LogP contribution >= 0.6 is 12.2 Å². The molecule has 1 atom stereocenters. The minimum Gasteiger partial charge on any atom is -0.393 e. The molecule has 0 bridgehead atoms. The molecule has 0 radical (unpaired) electrons. The third-order valence-corrected chi connectivity index (χ3v) is 1.77. The van der Waals surface area contributed by atoms with Gasteiger partial charge in [0.2, 0.25) is 0 Å². The number of nitrogens with two attached hydrogens (primary N) is 1. The lowest BCUT2D eigenvalue weighted by Crippen LogP contribution is -2.31. The van der Waals surface area contributed by atoms with E-state index in [1.165, 1.54) is 12.8 Å². The molecule has 3 heteroatoms. The first-order chi connectivity index (χ1) is 4.68. The molecule has 0 saturated heterocycles. The number of nitrogens with one attached hydrogen (secondary N) is 1. The third-order valence-electron chi connectivity index (χ3n) is 1.60.